The number of hydrogen-bond acceptors (Lipinski definition) is 3. The lowest BCUT2D eigenvalue weighted by molar-refractivity contribution is -0.128. The molecule has 0 aromatic heterocycles. The summed E-state index contributed by atoms with van der Waals surface area (Å²) in [6.07, 6.45) is 6.28. The zero-order valence-electron chi connectivity index (χ0n) is 19.9. The van der Waals surface area contributed by atoms with E-state index in [4.69, 9.17) is 0 Å². The van der Waals surface area contributed by atoms with Crippen LogP contribution in [0.25, 0.3) is 0 Å². The molecule has 0 bridgehead atoms. The van der Waals surface area contributed by atoms with Crippen LogP contribution in [0.15, 0.2) is 24.3 Å². The fourth-order valence-electron chi connectivity index (χ4n) is 5.67. The molecule has 3 aliphatic rings. The van der Waals surface area contributed by atoms with Crippen molar-refractivity contribution >= 4 is 11.9 Å². The molecule has 0 atom stereocenters. The molecule has 0 radical (unpaired) electrons. The van der Waals surface area contributed by atoms with Crippen LogP contribution in [0.2, 0.25) is 0 Å². The zero-order chi connectivity index (χ0) is 23.1. The number of halogens is 1. The maximum atomic E-state index is 14.1. The summed E-state index contributed by atoms with van der Waals surface area (Å²) in [6.45, 7) is 1.99. The number of benzene rings is 1. The number of hydrogen-bond donors (Lipinski definition) is 0. The molecule has 32 heavy (non-hydrogen) atoms. The minimum atomic E-state index is -0.226. The molecule has 4 rings (SSSR count). The predicted octanol–water partition coefficient (Wildman–Crippen LogP) is 3.52. The minimum absolute atomic E-state index is 0.0499. The van der Waals surface area contributed by atoms with Gasteiger partial charge in [0.1, 0.15) is 5.82 Å². The first-order chi connectivity index (χ1) is 15.2. The van der Waals surface area contributed by atoms with Crippen LogP contribution in [-0.4, -0.2) is 84.9 Å². The molecule has 6 nitrogen and oxygen atoms in total. The van der Waals surface area contributed by atoms with E-state index in [1.807, 2.05) is 11.0 Å². The van der Waals surface area contributed by atoms with Crippen molar-refractivity contribution in [3.8, 4) is 0 Å². The van der Waals surface area contributed by atoms with Crippen LogP contribution < -0.4 is 0 Å². The summed E-state index contributed by atoms with van der Waals surface area (Å²) in [5.74, 6) is 0.462. The monoisotopic (exact) mass is 444 g/mol. The molecule has 1 aliphatic heterocycles. The van der Waals surface area contributed by atoms with Crippen LogP contribution in [0.5, 0.6) is 0 Å². The lowest BCUT2D eigenvalue weighted by Gasteiger charge is -2.51. The molecule has 1 aromatic rings. The van der Waals surface area contributed by atoms with E-state index >= 15 is 0 Å². The zero-order valence-corrected chi connectivity index (χ0v) is 19.9. The van der Waals surface area contributed by atoms with Crippen molar-refractivity contribution in [1.82, 2.24) is 19.6 Å². The molecule has 1 aromatic carbocycles. The first-order valence-electron chi connectivity index (χ1n) is 11.9. The number of urea groups is 1. The molecule has 0 unspecified atom stereocenters. The molecule has 3 amide bonds. The van der Waals surface area contributed by atoms with Gasteiger partial charge in [0.25, 0.3) is 0 Å². The van der Waals surface area contributed by atoms with Crippen LogP contribution in [0.4, 0.5) is 9.18 Å². The summed E-state index contributed by atoms with van der Waals surface area (Å²) in [5, 5.41) is 0. The van der Waals surface area contributed by atoms with Gasteiger partial charge in [-0.3, -0.25) is 9.69 Å². The number of rotatable bonds is 7. The second-order valence-corrected chi connectivity index (χ2v) is 10.5. The highest BCUT2D eigenvalue weighted by atomic mass is 19.1. The smallest absolute Gasteiger partial charge is 0.320 e. The van der Waals surface area contributed by atoms with Crippen molar-refractivity contribution in [3.05, 3.63) is 35.6 Å². The van der Waals surface area contributed by atoms with Gasteiger partial charge in [0, 0.05) is 45.7 Å². The average molecular weight is 445 g/mol. The summed E-state index contributed by atoms with van der Waals surface area (Å²) in [7, 11) is 7.65. The molecule has 0 N–H and O–H groups in total. The first-order valence-corrected chi connectivity index (χ1v) is 11.9. The largest absolute Gasteiger partial charge is 0.349 e. The Hall–Kier alpha value is -2.15. The Morgan fingerprint density at radius 1 is 1.12 bits per heavy atom. The van der Waals surface area contributed by atoms with Gasteiger partial charge in [0.05, 0.1) is 5.54 Å². The Morgan fingerprint density at radius 2 is 1.81 bits per heavy atom. The standard InChI is InChI=1S/C25H37FN4O2/c1-27(2)22(31)10-15-29-18-24(30(23(29)32)17-19-8-9-19)11-13-25(14-12-24,28(3)4)20-6-5-7-21(26)16-20/h5-7,16,19H,8-15,17-18H2,1-4H3/t24-,25+. The third-order valence-electron chi connectivity index (χ3n) is 8.02. The maximum absolute atomic E-state index is 14.1. The molecular weight excluding hydrogens is 407 g/mol. The van der Waals surface area contributed by atoms with E-state index in [2.05, 4.69) is 23.9 Å². The van der Waals surface area contributed by atoms with Crippen molar-refractivity contribution in [1.29, 1.82) is 0 Å². The van der Waals surface area contributed by atoms with Crippen molar-refractivity contribution in [3.63, 3.8) is 0 Å². The summed E-state index contributed by atoms with van der Waals surface area (Å²) in [5.41, 5.74) is 0.604. The van der Waals surface area contributed by atoms with E-state index in [1.165, 1.54) is 18.9 Å². The quantitative estimate of drug-likeness (QED) is 0.647. The highest BCUT2D eigenvalue weighted by molar-refractivity contribution is 5.80. The van der Waals surface area contributed by atoms with Crippen LogP contribution >= 0.6 is 0 Å². The van der Waals surface area contributed by atoms with Crippen LogP contribution in [-0.2, 0) is 10.3 Å². The fraction of sp³-hybridized carbons (Fsp3) is 0.680. The van der Waals surface area contributed by atoms with E-state index in [0.29, 0.717) is 25.4 Å². The van der Waals surface area contributed by atoms with Gasteiger partial charge in [-0.15, -0.1) is 0 Å². The third kappa shape index (κ3) is 4.24. The minimum Gasteiger partial charge on any atom is -0.349 e. The van der Waals surface area contributed by atoms with Gasteiger partial charge in [-0.2, -0.15) is 0 Å². The average Bonchev–Trinajstić information content (AvgIpc) is 3.54. The first kappa shape index (κ1) is 23.0. The Labute approximate surface area is 191 Å². The highest BCUT2D eigenvalue weighted by Gasteiger charge is 2.55. The number of carbonyl (C=O) groups is 2. The SMILES string of the molecule is CN(C)C(=O)CCN1C[C@]2(CC[C@](c3cccc(F)c3)(N(C)C)CC2)N(CC2CC2)C1=O. The molecule has 2 aliphatic carbocycles. The Kier molecular flexibility index (Phi) is 6.23. The summed E-state index contributed by atoms with van der Waals surface area (Å²) >= 11 is 0. The topological polar surface area (TPSA) is 47.1 Å². The van der Waals surface area contributed by atoms with Gasteiger partial charge in [0.15, 0.2) is 0 Å². The van der Waals surface area contributed by atoms with Gasteiger partial charge in [-0.1, -0.05) is 12.1 Å². The van der Waals surface area contributed by atoms with Crippen LogP contribution in [0.1, 0.15) is 50.5 Å². The van der Waals surface area contributed by atoms with Crippen LogP contribution in [0.3, 0.4) is 0 Å². The van der Waals surface area contributed by atoms with E-state index in [0.717, 1.165) is 37.8 Å². The molecule has 1 spiro atoms. The van der Waals surface area contributed by atoms with Gasteiger partial charge in [0.2, 0.25) is 5.91 Å². The Morgan fingerprint density at radius 3 is 2.38 bits per heavy atom. The van der Waals surface area contributed by atoms with Crippen molar-refractivity contribution in [2.24, 2.45) is 5.92 Å². The molecule has 176 valence electrons. The van der Waals surface area contributed by atoms with Gasteiger partial charge in [-0.05, 0) is 76.2 Å². The molecule has 1 heterocycles. The number of carbonyl (C=O) groups excluding carboxylic acids is 2. The van der Waals surface area contributed by atoms with E-state index < -0.39 is 0 Å². The van der Waals surface area contributed by atoms with Crippen molar-refractivity contribution in [2.45, 2.75) is 56.0 Å². The van der Waals surface area contributed by atoms with Crippen molar-refractivity contribution < 1.29 is 14.0 Å². The second-order valence-electron chi connectivity index (χ2n) is 10.5. The lowest BCUT2D eigenvalue weighted by Crippen LogP contribution is -2.55. The predicted molar refractivity (Wildman–Crippen MR) is 123 cm³/mol. The molecule has 2 saturated carbocycles. The van der Waals surface area contributed by atoms with Gasteiger partial charge in [-0.25, -0.2) is 9.18 Å². The van der Waals surface area contributed by atoms with Gasteiger partial charge >= 0.3 is 6.03 Å². The maximum Gasteiger partial charge on any atom is 0.320 e. The molecular formula is C25H37FN4O2. The summed E-state index contributed by atoms with van der Waals surface area (Å²) in [4.78, 5) is 33.4. The van der Waals surface area contributed by atoms with Crippen LogP contribution in [0, 0.1) is 11.7 Å². The molecule has 1 saturated heterocycles. The molecule has 7 heteroatoms. The van der Waals surface area contributed by atoms with E-state index in [1.54, 1.807) is 31.1 Å². The highest BCUT2D eigenvalue weighted by Crippen LogP contribution is 2.50. The van der Waals surface area contributed by atoms with E-state index in [9.17, 15) is 14.0 Å². The lowest BCUT2D eigenvalue weighted by atomic mass is 9.68. The summed E-state index contributed by atoms with van der Waals surface area (Å²) in [6, 6.07) is 7.08. The second kappa shape index (κ2) is 8.65. The Balaban J connectivity index is 1.55. The normalized spacial score (nSPS) is 28.1. The summed E-state index contributed by atoms with van der Waals surface area (Å²) < 4.78 is 14.1. The molecule has 3 fully saturated rings. The Bertz CT molecular complexity index is 859. The third-order valence-corrected chi connectivity index (χ3v) is 8.02. The number of nitrogens with zero attached hydrogens (tertiary/aromatic N) is 4. The van der Waals surface area contributed by atoms with E-state index in [-0.39, 0.29) is 28.8 Å². The van der Waals surface area contributed by atoms with Gasteiger partial charge < -0.3 is 14.7 Å². The fourth-order valence-corrected chi connectivity index (χ4v) is 5.67. The number of amides is 3. The van der Waals surface area contributed by atoms with Crippen molar-refractivity contribution in [2.75, 3.05) is 47.8 Å².